The Bertz CT molecular complexity index is 357. The lowest BCUT2D eigenvalue weighted by atomic mass is 10.2. The average Bonchev–Trinajstić information content (AvgIpc) is 2.38. The van der Waals surface area contributed by atoms with Gasteiger partial charge >= 0.3 is 0 Å². The van der Waals surface area contributed by atoms with Crippen LogP contribution in [0.4, 0.5) is 5.69 Å². The maximum absolute atomic E-state index is 11.7. The van der Waals surface area contributed by atoms with Gasteiger partial charge in [-0.05, 0) is 30.7 Å². The molecular weight excluding hydrogens is 268 g/mol. The highest BCUT2D eigenvalue weighted by atomic mass is 35.5. The first-order valence-corrected chi connectivity index (χ1v) is 5.94. The monoisotopic (exact) mass is 288 g/mol. The number of nitrogens with two attached hydrogens (primary N) is 1. The summed E-state index contributed by atoms with van der Waals surface area (Å²) in [5, 5.41) is 2.82. The quantitative estimate of drug-likeness (QED) is 0.561. The van der Waals surface area contributed by atoms with Crippen molar-refractivity contribution in [1.29, 1.82) is 0 Å². The Labute approximate surface area is 119 Å². The Morgan fingerprint density at radius 3 is 2.53 bits per heavy atom. The van der Waals surface area contributed by atoms with Crippen molar-refractivity contribution >= 4 is 24.0 Å². The Hall–Kier alpha value is -1.30. The highest BCUT2D eigenvalue weighted by Gasteiger charge is 2.03. The summed E-state index contributed by atoms with van der Waals surface area (Å²) in [5.74, 6) is -0.0908. The molecule has 19 heavy (non-hydrogen) atoms. The highest BCUT2D eigenvalue weighted by Crippen LogP contribution is 2.04. The molecule has 0 atom stereocenters. The molecular formula is C13H21ClN2O3. The largest absolute Gasteiger partial charge is 0.399 e. The highest BCUT2D eigenvalue weighted by molar-refractivity contribution is 5.94. The van der Waals surface area contributed by atoms with Crippen LogP contribution in [0.25, 0.3) is 0 Å². The van der Waals surface area contributed by atoms with Crippen LogP contribution in [0.3, 0.4) is 0 Å². The van der Waals surface area contributed by atoms with Crippen LogP contribution in [0.1, 0.15) is 16.8 Å². The van der Waals surface area contributed by atoms with Crippen LogP contribution in [0.15, 0.2) is 24.3 Å². The van der Waals surface area contributed by atoms with Gasteiger partial charge in [-0.15, -0.1) is 12.4 Å². The predicted octanol–water partition coefficient (Wildman–Crippen LogP) is 1.47. The second-order valence-corrected chi connectivity index (χ2v) is 3.84. The van der Waals surface area contributed by atoms with Crippen molar-refractivity contribution in [2.45, 2.75) is 6.42 Å². The average molecular weight is 289 g/mol. The molecule has 0 radical (unpaired) electrons. The molecule has 0 aliphatic carbocycles. The number of anilines is 1. The second kappa shape index (κ2) is 10.6. The van der Waals surface area contributed by atoms with E-state index in [1.165, 1.54) is 0 Å². The van der Waals surface area contributed by atoms with Gasteiger partial charge in [0.1, 0.15) is 0 Å². The number of carbonyl (C=O) groups excluding carboxylic acids is 1. The van der Waals surface area contributed by atoms with E-state index >= 15 is 0 Å². The van der Waals surface area contributed by atoms with Crippen molar-refractivity contribution in [3.63, 3.8) is 0 Å². The molecule has 108 valence electrons. The molecule has 1 aromatic carbocycles. The number of benzene rings is 1. The fourth-order valence-electron chi connectivity index (χ4n) is 1.36. The van der Waals surface area contributed by atoms with E-state index in [1.807, 2.05) is 0 Å². The van der Waals surface area contributed by atoms with Crippen LogP contribution in [-0.4, -0.2) is 39.4 Å². The first kappa shape index (κ1) is 17.7. The molecule has 0 spiro atoms. The minimum atomic E-state index is -0.0908. The van der Waals surface area contributed by atoms with Gasteiger partial charge in [-0.1, -0.05) is 0 Å². The zero-order valence-electron chi connectivity index (χ0n) is 11.1. The van der Waals surface area contributed by atoms with Crippen LogP contribution in [0.2, 0.25) is 0 Å². The van der Waals surface area contributed by atoms with E-state index in [2.05, 4.69) is 5.32 Å². The summed E-state index contributed by atoms with van der Waals surface area (Å²) in [6, 6.07) is 6.84. The normalized spacial score (nSPS) is 9.74. The smallest absolute Gasteiger partial charge is 0.251 e. The van der Waals surface area contributed by atoms with E-state index in [0.29, 0.717) is 37.6 Å². The summed E-state index contributed by atoms with van der Waals surface area (Å²) < 4.78 is 10.1. The molecule has 0 aliphatic rings. The van der Waals surface area contributed by atoms with E-state index in [-0.39, 0.29) is 18.3 Å². The van der Waals surface area contributed by atoms with Gasteiger partial charge in [0.25, 0.3) is 5.91 Å². The third-order valence-electron chi connectivity index (χ3n) is 2.36. The summed E-state index contributed by atoms with van der Waals surface area (Å²) in [7, 11) is 1.64. The zero-order valence-corrected chi connectivity index (χ0v) is 11.9. The van der Waals surface area contributed by atoms with Crippen molar-refractivity contribution in [2.75, 3.05) is 39.2 Å². The number of carbonyl (C=O) groups is 1. The summed E-state index contributed by atoms with van der Waals surface area (Å²) in [6.45, 7) is 2.39. The third kappa shape index (κ3) is 7.66. The Kier molecular flexibility index (Phi) is 9.88. The van der Waals surface area contributed by atoms with Crippen LogP contribution in [-0.2, 0) is 9.47 Å². The molecule has 3 N–H and O–H groups in total. The minimum Gasteiger partial charge on any atom is -0.399 e. The van der Waals surface area contributed by atoms with Crippen molar-refractivity contribution in [2.24, 2.45) is 0 Å². The number of nitrogens with one attached hydrogen (secondary N) is 1. The first-order valence-electron chi connectivity index (χ1n) is 5.94. The van der Waals surface area contributed by atoms with Crippen molar-refractivity contribution in [3.8, 4) is 0 Å². The number of hydrogen-bond donors (Lipinski definition) is 2. The molecule has 0 saturated carbocycles. The van der Waals surface area contributed by atoms with Gasteiger partial charge in [0.2, 0.25) is 0 Å². The van der Waals surface area contributed by atoms with Gasteiger partial charge in [0.05, 0.1) is 13.2 Å². The molecule has 0 unspecified atom stereocenters. The lowest BCUT2D eigenvalue weighted by Gasteiger charge is -2.06. The Morgan fingerprint density at radius 1 is 1.21 bits per heavy atom. The van der Waals surface area contributed by atoms with E-state index in [1.54, 1.807) is 31.4 Å². The van der Waals surface area contributed by atoms with Crippen LogP contribution >= 0.6 is 12.4 Å². The summed E-state index contributed by atoms with van der Waals surface area (Å²) in [5.41, 5.74) is 6.81. The number of rotatable bonds is 8. The number of methoxy groups -OCH3 is 1. The molecule has 5 nitrogen and oxygen atoms in total. The van der Waals surface area contributed by atoms with Gasteiger partial charge in [0.15, 0.2) is 0 Å². The topological polar surface area (TPSA) is 73.6 Å². The Morgan fingerprint density at radius 2 is 1.89 bits per heavy atom. The van der Waals surface area contributed by atoms with Gasteiger partial charge in [-0.25, -0.2) is 0 Å². The van der Waals surface area contributed by atoms with E-state index in [9.17, 15) is 4.79 Å². The minimum absolute atomic E-state index is 0. The lowest BCUT2D eigenvalue weighted by Crippen LogP contribution is -2.25. The Balaban J connectivity index is 0.00000324. The molecule has 0 saturated heterocycles. The maximum Gasteiger partial charge on any atom is 0.251 e. The standard InChI is InChI=1S/C13H20N2O3.ClH/c1-17-9-10-18-8-2-7-15-13(16)11-3-5-12(14)6-4-11;/h3-6H,2,7-10,14H2,1H3,(H,15,16);1H. The number of amides is 1. The molecule has 1 rings (SSSR count). The van der Waals surface area contributed by atoms with E-state index < -0.39 is 0 Å². The fourth-order valence-corrected chi connectivity index (χ4v) is 1.36. The summed E-state index contributed by atoms with van der Waals surface area (Å²) in [4.78, 5) is 11.7. The van der Waals surface area contributed by atoms with Gasteiger partial charge < -0.3 is 20.5 Å². The molecule has 0 bridgehead atoms. The maximum atomic E-state index is 11.7. The molecule has 0 aliphatic heterocycles. The van der Waals surface area contributed by atoms with Gasteiger partial charge in [-0.2, -0.15) is 0 Å². The zero-order chi connectivity index (χ0) is 13.2. The molecule has 0 aromatic heterocycles. The van der Waals surface area contributed by atoms with E-state index in [4.69, 9.17) is 15.2 Å². The third-order valence-corrected chi connectivity index (χ3v) is 2.36. The summed E-state index contributed by atoms with van der Waals surface area (Å²) in [6.07, 6.45) is 0.782. The van der Waals surface area contributed by atoms with Crippen molar-refractivity contribution in [1.82, 2.24) is 5.32 Å². The van der Waals surface area contributed by atoms with Crippen molar-refractivity contribution < 1.29 is 14.3 Å². The van der Waals surface area contributed by atoms with E-state index in [0.717, 1.165) is 6.42 Å². The number of halogens is 1. The SMILES string of the molecule is COCCOCCCNC(=O)c1ccc(N)cc1.Cl. The lowest BCUT2D eigenvalue weighted by molar-refractivity contribution is 0.0688. The molecule has 1 amide bonds. The molecule has 0 fully saturated rings. The van der Waals surface area contributed by atoms with Gasteiger partial charge in [0, 0.05) is 31.5 Å². The van der Waals surface area contributed by atoms with Gasteiger partial charge in [-0.3, -0.25) is 4.79 Å². The van der Waals surface area contributed by atoms with Crippen LogP contribution in [0, 0.1) is 0 Å². The van der Waals surface area contributed by atoms with Crippen molar-refractivity contribution in [3.05, 3.63) is 29.8 Å². The molecule has 1 aromatic rings. The van der Waals surface area contributed by atoms with Crippen LogP contribution < -0.4 is 11.1 Å². The predicted molar refractivity (Wildman–Crippen MR) is 77.7 cm³/mol. The molecule has 6 heteroatoms. The fraction of sp³-hybridized carbons (Fsp3) is 0.462. The first-order chi connectivity index (χ1) is 8.74. The number of hydrogen-bond acceptors (Lipinski definition) is 4. The molecule has 0 heterocycles. The summed E-state index contributed by atoms with van der Waals surface area (Å²) >= 11 is 0. The number of nitrogen functional groups attached to an aromatic ring is 1. The number of ether oxygens (including phenoxy) is 2. The second-order valence-electron chi connectivity index (χ2n) is 3.84. The van der Waals surface area contributed by atoms with Crippen LogP contribution in [0.5, 0.6) is 0 Å².